The van der Waals surface area contributed by atoms with E-state index in [4.69, 9.17) is 10.2 Å². The molecule has 0 saturated heterocycles. The van der Waals surface area contributed by atoms with E-state index >= 15 is 0 Å². The highest BCUT2D eigenvalue weighted by Gasteiger charge is 2.45. The molecule has 1 amide bonds. The molecule has 4 rings (SSSR count). The van der Waals surface area contributed by atoms with Gasteiger partial charge in [0.1, 0.15) is 0 Å². The van der Waals surface area contributed by atoms with Crippen LogP contribution in [-0.2, 0) is 4.79 Å². The van der Waals surface area contributed by atoms with Crippen LogP contribution in [0.25, 0.3) is 11.3 Å². The number of amides is 1. The molecule has 0 atom stereocenters. The van der Waals surface area contributed by atoms with Gasteiger partial charge in [-0.1, -0.05) is 0 Å². The molecule has 1 aromatic carbocycles. The number of benzene rings is 1. The van der Waals surface area contributed by atoms with Gasteiger partial charge in [-0.05, 0) is 49.9 Å². The molecule has 0 unspecified atom stereocenters. The van der Waals surface area contributed by atoms with Gasteiger partial charge in [-0.2, -0.15) is 0 Å². The first-order valence-corrected chi connectivity index (χ1v) is 7.31. The lowest BCUT2D eigenvalue weighted by Gasteiger charge is -2.10. The molecule has 5 nitrogen and oxygen atoms in total. The van der Waals surface area contributed by atoms with Gasteiger partial charge in [0.2, 0.25) is 5.91 Å². The average Bonchev–Trinajstić information content (AvgIpc) is 3.41. The molecule has 2 aliphatic carbocycles. The summed E-state index contributed by atoms with van der Waals surface area (Å²) in [4.78, 5) is 16.2. The van der Waals surface area contributed by atoms with Crippen molar-refractivity contribution in [3.63, 3.8) is 0 Å². The first kappa shape index (κ1) is 15.1. The Labute approximate surface area is 134 Å². The second-order valence-corrected chi connectivity index (χ2v) is 6.02. The van der Waals surface area contributed by atoms with Crippen molar-refractivity contribution in [3.05, 3.63) is 36.4 Å². The van der Waals surface area contributed by atoms with Gasteiger partial charge in [-0.25, -0.2) is 4.98 Å². The number of nitrogens with zero attached hydrogens (tertiary/aromatic N) is 1. The first-order valence-electron chi connectivity index (χ1n) is 7.31. The minimum Gasteiger partial charge on any atom is -0.440 e. The minimum atomic E-state index is -0.650. The molecule has 0 radical (unpaired) electrons. The Balaban J connectivity index is 0.00000144. The van der Waals surface area contributed by atoms with Crippen molar-refractivity contribution >= 4 is 24.0 Å². The topological polar surface area (TPSA) is 81.2 Å². The number of rotatable bonds is 4. The molecule has 0 spiro atoms. The number of carbonyl (C=O) groups is 1. The number of carbonyl (C=O) groups excluding carboxylic acids is 1. The lowest BCUT2D eigenvalue weighted by atomic mass is 10.1. The molecule has 0 aliphatic heterocycles. The van der Waals surface area contributed by atoms with Crippen molar-refractivity contribution < 1.29 is 9.21 Å². The molecular formula is C16H18ClN3O2. The summed E-state index contributed by atoms with van der Waals surface area (Å²) in [7, 11) is 0. The van der Waals surface area contributed by atoms with Crippen molar-refractivity contribution in [2.45, 2.75) is 37.1 Å². The third-order valence-corrected chi connectivity index (χ3v) is 4.12. The van der Waals surface area contributed by atoms with Gasteiger partial charge < -0.3 is 15.5 Å². The van der Waals surface area contributed by atoms with Gasteiger partial charge >= 0.3 is 0 Å². The van der Waals surface area contributed by atoms with Crippen LogP contribution < -0.4 is 11.1 Å². The maximum atomic E-state index is 11.9. The highest BCUT2D eigenvalue weighted by Crippen LogP contribution is 2.40. The maximum absolute atomic E-state index is 11.9. The van der Waals surface area contributed by atoms with E-state index in [0.29, 0.717) is 5.92 Å². The predicted molar refractivity (Wildman–Crippen MR) is 85.9 cm³/mol. The summed E-state index contributed by atoms with van der Waals surface area (Å²) in [6.45, 7) is 0. The van der Waals surface area contributed by atoms with Crippen LogP contribution in [0.4, 0.5) is 5.69 Å². The summed E-state index contributed by atoms with van der Waals surface area (Å²) >= 11 is 0. The number of hydrogen-bond acceptors (Lipinski definition) is 4. The van der Waals surface area contributed by atoms with Crippen LogP contribution >= 0.6 is 12.4 Å². The number of aromatic nitrogens is 1. The van der Waals surface area contributed by atoms with Gasteiger partial charge in [0, 0.05) is 17.2 Å². The summed E-state index contributed by atoms with van der Waals surface area (Å²) < 4.78 is 5.76. The highest BCUT2D eigenvalue weighted by molar-refractivity contribution is 6.00. The number of nitrogens with two attached hydrogens (primary N) is 1. The van der Waals surface area contributed by atoms with E-state index < -0.39 is 5.54 Å². The third-order valence-electron chi connectivity index (χ3n) is 4.12. The summed E-state index contributed by atoms with van der Waals surface area (Å²) in [5.74, 6) is 2.01. The highest BCUT2D eigenvalue weighted by atomic mass is 35.5. The molecule has 2 aliphatic rings. The van der Waals surface area contributed by atoms with E-state index in [1.54, 1.807) is 6.20 Å². The average molecular weight is 320 g/mol. The zero-order valence-corrected chi connectivity index (χ0v) is 12.9. The number of oxazole rings is 1. The number of halogens is 1. The molecule has 2 saturated carbocycles. The molecule has 6 heteroatoms. The van der Waals surface area contributed by atoms with Crippen molar-refractivity contribution in [1.82, 2.24) is 4.98 Å². The minimum absolute atomic E-state index is 0. The number of nitrogens with one attached hydrogen (secondary N) is 1. The number of hydrogen-bond donors (Lipinski definition) is 2. The van der Waals surface area contributed by atoms with Gasteiger partial charge in [0.25, 0.3) is 0 Å². The first-order chi connectivity index (χ1) is 10.1. The second kappa shape index (κ2) is 5.41. The Kier molecular flexibility index (Phi) is 3.70. The molecule has 1 heterocycles. The Morgan fingerprint density at radius 1 is 1.27 bits per heavy atom. The van der Waals surface area contributed by atoms with E-state index in [1.165, 1.54) is 12.8 Å². The quantitative estimate of drug-likeness (QED) is 0.907. The Hall–Kier alpha value is -1.85. The fourth-order valence-corrected chi connectivity index (χ4v) is 2.28. The van der Waals surface area contributed by atoms with Crippen molar-refractivity contribution in [3.8, 4) is 11.3 Å². The second-order valence-electron chi connectivity index (χ2n) is 6.02. The Morgan fingerprint density at radius 2 is 1.95 bits per heavy atom. The molecule has 0 bridgehead atoms. The zero-order chi connectivity index (χ0) is 14.4. The Bertz CT molecular complexity index is 688. The van der Waals surface area contributed by atoms with E-state index in [0.717, 1.165) is 35.7 Å². The van der Waals surface area contributed by atoms with Crippen LogP contribution in [0.2, 0.25) is 0 Å². The van der Waals surface area contributed by atoms with Gasteiger partial charge in [-0.3, -0.25) is 4.79 Å². The number of anilines is 1. The van der Waals surface area contributed by atoms with Gasteiger partial charge in [0.05, 0.1) is 11.7 Å². The predicted octanol–water partition coefficient (Wildman–Crippen LogP) is 3.07. The standard InChI is InChI=1S/C16H17N3O2.ClH/c17-16(7-8-16)15(20)19-12-5-3-10(4-6-12)13-9-18-14(21-13)11-1-2-11;/h3-6,9,11H,1-2,7-8,17H2,(H,19,20);1H. The van der Waals surface area contributed by atoms with Crippen LogP contribution in [0.15, 0.2) is 34.9 Å². The normalized spacial score (nSPS) is 18.4. The largest absolute Gasteiger partial charge is 0.440 e. The molecule has 2 fully saturated rings. The lowest BCUT2D eigenvalue weighted by molar-refractivity contribution is -0.118. The molecule has 116 valence electrons. The van der Waals surface area contributed by atoms with E-state index in [1.807, 2.05) is 24.3 Å². The fraction of sp³-hybridized carbons (Fsp3) is 0.375. The van der Waals surface area contributed by atoms with E-state index in [-0.39, 0.29) is 18.3 Å². The van der Waals surface area contributed by atoms with Gasteiger partial charge in [0.15, 0.2) is 11.7 Å². The maximum Gasteiger partial charge on any atom is 0.244 e. The summed E-state index contributed by atoms with van der Waals surface area (Å²) in [5.41, 5.74) is 6.92. The summed E-state index contributed by atoms with van der Waals surface area (Å²) in [6, 6.07) is 7.56. The fourth-order valence-electron chi connectivity index (χ4n) is 2.28. The smallest absolute Gasteiger partial charge is 0.244 e. The molecule has 3 N–H and O–H groups in total. The monoisotopic (exact) mass is 319 g/mol. The third kappa shape index (κ3) is 2.87. The van der Waals surface area contributed by atoms with Crippen LogP contribution in [0.5, 0.6) is 0 Å². The van der Waals surface area contributed by atoms with Crippen LogP contribution in [0, 0.1) is 0 Å². The Morgan fingerprint density at radius 3 is 2.55 bits per heavy atom. The molecule has 2 aromatic rings. The molecule has 22 heavy (non-hydrogen) atoms. The van der Waals surface area contributed by atoms with E-state index in [9.17, 15) is 4.79 Å². The van der Waals surface area contributed by atoms with Crippen LogP contribution in [0.3, 0.4) is 0 Å². The van der Waals surface area contributed by atoms with Gasteiger partial charge in [-0.15, -0.1) is 12.4 Å². The van der Waals surface area contributed by atoms with Crippen molar-refractivity contribution in [2.75, 3.05) is 5.32 Å². The van der Waals surface area contributed by atoms with Crippen molar-refractivity contribution in [1.29, 1.82) is 0 Å². The van der Waals surface area contributed by atoms with Crippen LogP contribution in [-0.4, -0.2) is 16.4 Å². The molecule has 1 aromatic heterocycles. The SMILES string of the molecule is Cl.NC1(C(=O)Nc2ccc(-c3cnc(C4CC4)o3)cc2)CC1. The summed E-state index contributed by atoms with van der Waals surface area (Å²) in [6.07, 6.45) is 5.63. The van der Waals surface area contributed by atoms with Crippen LogP contribution in [0.1, 0.15) is 37.5 Å². The zero-order valence-electron chi connectivity index (χ0n) is 12.0. The lowest BCUT2D eigenvalue weighted by Crippen LogP contribution is -2.37. The summed E-state index contributed by atoms with van der Waals surface area (Å²) in [5, 5.41) is 2.85. The van der Waals surface area contributed by atoms with Crippen molar-refractivity contribution in [2.24, 2.45) is 5.73 Å². The molecular weight excluding hydrogens is 302 g/mol. The van der Waals surface area contributed by atoms with E-state index in [2.05, 4.69) is 10.3 Å².